The molecule has 2 fully saturated rings. The van der Waals surface area contributed by atoms with Crippen LogP contribution in [0.3, 0.4) is 0 Å². The zero-order valence-electron chi connectivity index (χ0n) is 21.5. The van der Waals surface area contributed by atoms with Crippen LogP contribution in [0.25, 0.3) is 5.65 Å². The Morgan fingerprint density at radius 1 is 1.05 bits per heavy atom. The predicted octanol–water partition coefficient (Wildman–Crippen LogP) is 4.20. The van der Waals surface area contributed by atoms with E-state index in [0.717, 1.165) is 50.4 Å². The molecule has 4 N–H and O–H groups in total. The maximum atomic E-state index is 14.0. The Hall–Kier alpha value is -3.96. The van der Waals surface area contributed by atoms with Crippen LogP contribution >= 0.6 is 0 Å². The van der Waals surface area contributed by atoms with Crippen molar-refractivity contribution in [3.05, 3.63) is 42.2 Å². The molecular weight excluding hydrogens is 491 g/mol. The SMILES string of the molecule is CC(C)COC(=O)NC1CCC(Nc2cc(NC3CC3)c3ncc(C(=O)Nc4ccncc4F)n3n2)CC1. The van der Waals surface area contributed by atoms with Crippen molar-refractivity contribution in [1.29, 1.82) is 0 Å². The predicted molar refractivity (Wildman–Crippen MR) is 141 cm³/mol. The molecule has 3 heterocycles. The third-order valence-corrected chi connectivity index (χ3v) is 6.61. The van der Waals surface area contributed by atoms with Crippen LogP contribution in [0.1, 0.15) is 62.9 Å². The van der Waals surface area contributed by atoms with Crippen LogP contribution in [0.4, 0.5) is 26.4 Å². The summed E-state index contributed by atoms with van der Waals surface area (Å²) in [5.41, 5.74) is 1.52. The number of pyridine rings is 1. The molecular formula is C26H33FN8O3. The summed E-state index contributed by atoms with van der Waals surface area (Å²) in [7, 11) is 0. The van der Waals surface area contributed by atoms with E-state index in [-0.39, 0.29) is 29.6 Å². The number of hydrogen-bond donors (Lipinski definition) is 4. The number of nitrogens with zero attached hydrogens (tertiary/aromatic N) is 4. The molecule has 0 aliphatic heterocycles. The number of nitrogens with one attached hydrogen (secondary N) is 4. The van der Waals surface area contributed by atoms with Gasteiger partial charge in [-0.25, -0.2) is 18.7 Å². The second-order valence-electron chi connectivity index (χ2n) is 10.4. The number of imidazole rings is 1. The largest absolute Gasteiger partial charge is 0.449 e. The Kier molecular flexibility index (Phi) is 7.57. The van der Waals surface area contributed by atoms with Gasteiger partial charge in [0.05, 0.1) is 30.4 Å². The summed E-state index contributed by atoms with van der Waals surface area (Å²) >= 11 is 0. The van der Waals surface area contributed by atoms with Crippen molar-refractivity contribution in [3.63, 3.8) is 0 Å². The average molecular weight is 525 g/mol. The summed E-state index contributed by atoms with van der Waals surface area (Å²) in [4.78, 5) is 33.2. The van der Waals surface area contributed by atoms with Gasteiger partial charge in [0.1, 0.15) is 5.82 Å². The van der Waals surface area contributed by atoms with E-state index in [1.165, 1.54) is 23.0 Å². The smallest absolute Gasteiger partial charge is 0.407 e. The normalized spacial score (nSPS) is 19.3. The Bertz CT molecular complexity index is 1300. The van der Waals surface area contributed by atoms with Crippen LogP contribution in [0, 0.1) is 11.7 Å². The van der Waals surface area contributed by atoms with Crippen LogP contribution in [0.15, 0.2) is 30.7 Å². The van der Waals surface area contributed by atoms with Crippen LogP contribution in [0.2, 0.25) is 0 Å². The molecule has 0 spiro atoms. The van der Waals surface area contributed by atoms with Gasteiger partial charge in [-0.1, -0.05) is 13.8 Å². The number of ether oxygens (including phenoxy) is 1. The lowest BCUT2D eigenvalue weighted by Crippen LogP contribution is -2.40. The first-order chi connectivity index (χ1) is 18.4. The quantitative estimate of drug-likeness (QED) is 0.327. The van der Waals surface area contributed by atoms with Crippen LogP contribution < -0.4 is 21.3 Å². The first-order valence-corrected chi connectivity index (χ1v) is 13.1. The maximum absolute atomic E-state index is 14.0. The molecule has 3 aromatic rings. The zero-order chi connectivity index (χ0) is 26.6. The fourth-order valence-corrected chi connectivity index (χ4v) is 4.45. The van der Waals surface area contributed by atoms with Gasteiger partial charge in [0.2, 0.25) is 0 Å². The van der Waals surface area contributed by atoms with Gasteiger partial charge >= 0.3 is 6.09 Å². The third-order valence-electron chi connectivity index (χ3n) is 6.61. The molecule has 0 aromatic carbocycles. The zero-order valence-corrected chi connectivity index (χ0v) is 21.5. The monoisotopic (exact) mass is 524 g/mol. The topological polar surface area (TPSA) is 135 Å². The Morgan fingerprint density at radius 2 is 1.76 bits per heavy atom. The van der Waals surface area contributed by atoms with Crippen molar-refractivity contribution < 1.29 is 18.7 Å². The molecule has 38 heavy (non-hydrogen) atoms. The van der Waals surface area contributed by atoms with Gasteiger partial charge in [-0.05, 0) is 50.5 Å². The van der Waals surface area contributed by atoms with Gasteiger partial charge in [-0.2, -0.15) is 0 Å². The number of carbonyl (C=O) groups is 2. The van der Waals surface area contributed by atoms with E-state index in [4.69, 9.17) is 4.74 Å². The van der Waals surface area contributed by atoms with Crippen molar-refractivity contribution in [3.8, 4) is 0 Å². The molecule has 202 valence electrons. The summed E-state index contributed by atoms with van der Waals surface area (Å²) in [6, 6.07) is 3.91. The lowest BCUT2D eigenvalue weighted by Gasteiger charge is -2.30. The van der Waals surface area contributed by atoms with E-state index in [9.17, 15) is 14.0 Å². The summed E-state index contributed by atoms with van der Waals surface area (Å²) in [6.07, 6.45) is 9.00. The maximum Gasteiger partial charge on any atom is 0.407 e. The second kappa shape index (κ2) is 11.2. The molecule has 0 bridgehead atoms. The molecule has 2 aliphatic rings. The van der Waals surface area contributed by atoms with Gasteiger partial charge in [0.25, 0.3) is 5.91 Å². The van der Waals surface area contributed by atoms with E-state index < -0.39 is 11.7 Å². The highest BCUT2D eigenvalue weighted by Crippen LogP contribution is 2.30. The fourth-order valence-electron chi connectivity index (χ4n) is 4.45. The van der Waals surface area contributed by atoms with Crippen LogP contribution in [-0.2, 0) is 4.74 Å². The van der Waals surface area contributed by atoms with Crippen molar-refractivity contribution in [1.82, 2.24) is 24.9 Å². The second-order valence-corrected chi connectivity index (χ2v) is 10.4. The first-order valence-electron chi connectivity index (χ1n) is 13.1. The molecule has 11 nitrogen and oxygen atoms in total. The van der Waals surface area contributed by atoms with Crippen molar-refractivity contribution >= 4 is 34.8 Å². The van der Waals surface area contributed by atoms with Crippen molar-refractivity contribution in [2.75, 3.05) is 22.6 Å². The van der Waals surface area contributed by atoms with Gasteiger partial charge in [0, 0.05) is 30.4 Å². The molecule has 5 rings (SSSR count). The van der Waals surface area contributed by atoms with E-state index in [2.05, 4.69) is 36.3 Å². The number of anilines is 3. The van der Waals surface area contributed by atoms with Crippen LogP contribution in [-0.4, -0.2) is 56.3 Å². The summed E-state index contributed by atoms with van der Waals surface area (Å²) < 4.78 is 20.8. The number of fused-ring (bicyclic) bond motifs is 1. The van der Waals surface area contributed by atoms with E-state index in [0.29, 0.717) is 30.0 Å². The minimum atomic E-state index is -0.626. The highest BCUT2D eigenvalue weighted by molar-refractivity contribution is 6.03. The lowest BCUT2D eigenvalue weighted by atomic mass is 9.91. The molecule has 3 aromatic heterocycles. The van der Waals surface area contributed by atoms with E-state index in [1.807, 2.05) is 19.9 Å². The molecule has 0 saturated heterocycles. The van der Waals surface area contributed by atoms with Gasteiger partial charge < -0.3 is 26.0 Å². The molecule has 0 atom stereocenters. The van der Waals surface area contributed by atoms with Crippen LogP contribution in [0.5, 0.6) is 0 Å². The number of alkyl carbamates (subject to hydrolysis) is 1. The van der Waals surface area contributed by atoms with Crippen molar-refractivity contribution in [2.24, 2.45) is 5.92 Å². The minimum Gasteiger partial charge on any atom is -0.449 e. The highest BCUT2D eigenvalue weighted by atomic mass is 19.1. The number of carbonyl (C=O) groups excluding carboxylic acids is 2. The standard InChI is InChI=1S/C26H33FN8O3/c1-15(2)14-38-26(37)32-18-7-5-17(6-8-18)31-23-11-21(30-16-3-4-16)24-29-13-22(35(24)34-23)25(36)33-20-9-10-28-12-19(20)27/h9-13,15-18,30H,3-8,14H2,1-2H3,(H,31,34)(H,32,37)(H,28,33,36). The molecule has 0 radical (unpaired) electrons. The fraction of sp³-hybridized carbons (Fsp3) is 0.500. The average Bonchev–Trinajstić information content (AvgIpc) is 3.60. The summed E-state index contributed by atoms with van der Waals surface area (Å²) in [5, 5.41) is 17.2. The number of aromatic nitrogens is 4. The molecule has 2 amide bonds. The molecule has 2 saturated carbocycles. The number of halogens is 1. The van der Waals surface area contributed by atoms with Gasteiger partial charge in [0.15, 0.2) is 17.2 Å². The van der Waals surface area contributed by atoms with Gasteiger partial charge in [-0.3, -0.25) is 9.78 Å². The summed E-state index contributed by atoms with van der Waals surface area (Å²) in [5.74, 6) is -0.251. The summed E-state index contributed by atoms with van der Waals surface area (Å²) in [6.45, 7) is 4.40. The number of rotatable bonds is 9. The first kappa shape index (κ1) is 25.7. The molecule has 2 aliphatic carbocycles. The third kappa shape index (κ3) is 6.29. The van der Waals surface area contributed by atoms with Gasteiger partial charge in [-0.15, -0.1) is 5.10 Å². The van der Waals surface area contributed by atoms with E-state index in [1.54, 1.807) is 0 Å². The molecule has 12 heteroatoms. The minimum absolute atomic E-state index is 0.0315. The Morgan fingerprint density at radius 3 is 2.47 bits per heavy atom. The molecule has 0 unspecified atom stereocenters. The number of amides is 2. The van der Waals surface area contributed by atoms with E-state index >= 15 is 0 Å². The van der Waals surface area contributed by atoms with Crippen molar-refractivity contribution in [2.45, 2.75) is 70.5 Å². The Balaban J connectivity index is 1.28. The highest BCUT2D eigenvalue weighted by Gasteiger charge is 2.26. The Labute approximate surface area is 219 Å². The number of hydrogen-bond acceptors (Lipinski definition) is 8. The lowest BCUT2D eigenvalue weighted by molar-refractivity contribution is 0.101.